The highest BCUT2D eigenvalue weighted by Gasteiger charge is 2.32. The third-order valence-electron chi connectivity index (χ3n) is 4.06. The van der Waals surface area contributed by atoms with Crippen molar-refractivity contribution in [1.82, 2.24) is 29.0 Å². The molecule has 3 aromatic rings. The topological polar surface area (TPSA) is 76.8 Å². The molecule has 0 N–H and O–H groups in total. The highest BCUT2D eigenvalue weighted by atomic mass is 35.5. The fraction of sp³-hybridized carbons (Fsp3) is 0.267. The van der Waals surface area contributed by atoms with Gasteiger partial charge in [-0.25, -0.2) is 9.37 Å². The van der Waals surface area contributed by atoms with Crippen molar-refractivity contribution in [3.05, 3.63) is 46.7 Å². The van der Waals surface area contributed by atoms with Gasteiger partial charge in [0.15, 0.2) is 16.7 Å². The lowest BCUT2D eigenvalue weighted by Crippen LogP contribution is -2.41. The van der Waals surface area contributed by atoms with Crippen LogP contribution in [0.15, 0.2) is 24.2 Å². The number of aromatic nitrogens is 5. The fourth-order valence-corrected chi connectivity index (χ4v) is 3.62. The van der Waals surface area contributed by atoms with E-state index in [1.807, 2.05) is 11.5 Å². The van der Waals surface area contributed by atoms with Crippen molar-refractivity contribution < 1.29 is 10.6 Å². The molecule has 4 rings (SSSR count). The Morgan fingerprint density at radius 2 is 2.24 bits per heavy atom. The van der Waals surface area contributed by atoms with Crippen LogP contribution in [0.4, 0.5) is 4.39 Å². The number of amides is 1. The third-order valence-corrected chi connectivity index (χ3v) is 5.04. The number of benzene rings is 1. The van der Waals surface area contributed by atoms with Crippen LogP contribution in [0.2, 0.25) is 5.28 Å². The molecule has 0 unspecified atom stereocenters. The van der Waals surface area contributed by atoms with Crippen LogP contribution in [0.25, 0.3) is 10.8 Å². The lowest BCUT2D eigenvalue weighted by atomic mass is 10.1. The Kier molecular flexibility index (Phi) is 3.67. The highest BCUT2D eigenvalue weighted by Crippen LogP contribution is 2.30. The lowest BCUT2D eigenvalue weighted by molar-refractivity contribution is 0.0638. The van der Waals surface area contributed by atoms with E-state index in [-0.39, 0.29) is 28.8 Å². The molecular formula is C15H12ClFN6OS. The average molecular weight is 380 g/mol. The van der Waals surface area contributed by atoms with Crippen LogP contribution in [-0.4, -0.2) is 41.5 Å². The molecule has 3 heterocycles. The molecule has 0 saturated heterocycles. The zero-order chi connectivity index (χ0) is 18.4. The first-order valence-corrected chi connectivity index (χ1v) is 8.60. The molecule has 25 heavy (non-hydrogen) atoms. The van der Waals surface area contributed by atoms with Gasteiger partial charge in [0.05, 0.1) is 7.41 Å². The van der Waals surface area contributed by atoms with Crippen molar-refractivity contribution in [2.75, 3.05) is 6.54 Å². The Bertz CT molecular complexity index is 1010. The Hall–Kier alpha value is -2.39. The van der Waals surface area contributed by atoms with Gasteiger partial charge in [0.25, 0.3) is 5.91 Å². The fourth-order valence-electron chi connectivity index (χ4n) is 2.82. The molecule has 128 valence electrons. The molecule has 1 aliphatic rings. The van der Waals surface area contributed by atoms with Crippen LogP contribution in [-0.2, 0) is 6.54 Å². The molecule has 0 bridgehead atoms. The van der Waals surface area contributed by atoms with E-state index in [4.69, 9.17) is 13.0 Å². The summed E-state index contributed by atoms with van der Waals surface area (Å²) < 4.78 is 26.7. The zero-order valence-corrected chi connectivity index (χ0v) is 14.6. The van der Waals surface area contributed by atoms with Gasteiger partial charge in [0.1, 0.15) is 5.82 Å². The molecule has 1 aliphatic heterocycles. The zero-order valence-electron chi connectivity index (χ0n) is 14.0. The first kappa shape index (κ1) is 14.9. The molecule has 2 aromatic heterocycles. The van der Waals surface area contributed by atoms with Gasteiger partial charge < -0.3 is 9.47 Å². The van der Waals surface area contributed by atoms with Gasteiger partial charge in [-0.15, -0.1) is 10.2 Å². The van der Waals surface area contributed by atoms with Gasteiger partial charge in [-0.05, 0) is 54.3 Å². The number of hydrogen-bond donors (Lipinski definition) is 0. The summed E-state index contributed by atoms with van der Waals surface area (Å²) in [5.41, 5.74) is 0.271. The van der Waals surface area contributed by atoms with Crippen LogP contribution in [0.5, 0.6) is 0 Å². The summed E-state index contributed by atoms with van der Waals surface area (Å²) in [5, 5.41) is 9.09. The molecule has 1 atom stereocenters. The first-order valence-electron chi connectivity index (χ1n) is 7.95. The van der Waals surface area contributed by atoms with Crippen molar-refractivity contribution in [3.8, 4) is 10.8 Å². The Morgan fingerprint density at radius 1 is 1.40 bits per heavy atom. The molecular weight excluding hydrogens is 367 g/mol. The van der Waals surface area contributed by atoms with E-state index < -0.39 is 5.82 Å². The third kappa shape index (κ3) is 2.79. The van der Waals surface area contributed by atoms with Crippen molar-refractivity contribution in [1.29, 1.82) is 0 Å². The van der Waals surface area contributed by atoms with Crippen LogP contribution in [0.1, 0.15) is 30.5 Å². The minimum atomic E-state index is -0.659. The number of halogens is 2. The van der Waals surface area contributed by atoms with Gasteiger partial charge in [-0.2, -0.15) is 4.37 Å². The van der Waals surface area contributed by atoms with Gasteiger partial charge in [0, 0.05) is 18.7 Å². The van der Waals surface area contributed by atoms with Crippen LogP contribution in [0, 0.1) is 5.82 Å². The summed E-state index contributed by atoms with van der Waals surface area (Å²) >= 11 is 6.92. The van der Waals surface area contributed by atoms with E-state index in [2.05, 4.69) is 19.6 Å². The molecule has 10 heteroatoms. The molecule has 1 amide bonds. The maximum Gasteiger partial charge on any atom is 0.254 e. The van der Waals surface area contributed by atoms with Crippen LogP contribution >= 0.6 is 23.1 Å². The number of nitrogens with zero attached hydrogens (tertiary/aromatic N) is 6. The second-order valence-corrected chi connectivity index (χ2v) is 6.59. The van der Waals surface area contributed by atoms with Crippen LogP contribution in [0.3, 0.4) is 0 Å². The summed E-state index contributed by atoms with van der Waals surface area (Å²) in [6.45, 7) is 2.76. The highest BCUT2D eigenvalue weighted by molar-refractivity contribution is 7.09. The summed E-state index contributed by atoms with van der Waals surface area (Å²) in [6, 6.07) is 3.11. The summed E-state index contributed by atoms with van der Waals surface area (Å²) in [4.78, 5) is 18.5. The molecule has 0 saturated carbocycles. The standard InChI is InChI=1S/C15H12ClFN6OS/c1-8-11-19-20-12(13-18-15(16)21-25-13)23(11)7-6-22(8)14(24)9-2-4-10(17)5-3-9/h2-5,8H,6-7H2,1H3/t8-/m1/s1/i4D. The first-order chi connectivity index (χ1) is 12.5. The Balaban J connectivity index is 1.64. The SMILES string of the molecule is [2H]c1cc(C(=O)N2CCn3c(-c4nc(Cl)ns4)nnc3[C@H]2C)ccc1F. The quantitative estimate of drug-likeness (QED) is 0.684. The molecule has 1 aromatic carbocycles. The van der Waals surface area contributed by atoms with Gasteiger partial charge >= 0.3 is 0 Å². The van der Waals surface area contributed by atoms with Crippen LogP contribution < -0.4 is 0 Å². The van der Waals surface area contributed by atoms with Gasteiger partial charge in [-0.1, -0.05) is 0 Å². The summed E-state index contributed by atoms with van der Waals surface area (Å²) in [5.74, 6) is 0.256. The van der Waals surface area contributed by atoms with Crippen molar-refractivity contribution in [2.24, 2.45) is 0 Å². The predicted molar refractivity (Wildman–Crippen MR) is 89.8 cm³/mol. The van der Waals surface area contributed by atoms with E-state index in [1.165, 1.54) is 12.1 Å². The van der Waals surface area contributed by atoms with E-state index in [0.717, 1.165) is 17.6 Å². The Morgan fingerprint density at radius 3 is 2.96 bits per heavy atom. The summed E-state index contributed by atoms with van der Waals surface area (Å²) in [6.07, 6.45) is 0. The van der Waals surface area contributed by atoms with Gasteiger partial charge in [0.2, 0.25) is 5.28 Å². The number of fused-ring (bicyclic) bond motifs is 1. The van der Waals surface area contributed by atoms with E-state index in [0.29, 0.717) is 29.7 Å². The van der Waals surface area contributed by atoms with Crippen molar-refractivity contribution >= 4 is 29.0 Å². The average Bonchev–Trinajstić information content (AvgIpc) is 3.23. The van der Waals surface area contributed by atoms with E-state index in [9.17, 15) is 9.18 Å². The summed E-state index contributed by atoms with van der Waals surface area (Å²) in [7, 11) is 0. The number of carbonyl (C=O) groups is 1. The van der Waals surface area contributed by atoms with E-state index >= 15 is 0 Å². The minimum absolute atomic E-state index is 0.158. The second-order valence-electron chi connectivity index (χ2n) is 5.50. The minimum Gasteiger partial charge on any atom is -0.327 e. The predicted octanol–water partition coefficient (Wildman–Crippen LogP) is 2.81. The Labute approximate surface area is 152 Å². The monoisotopic (exact) mass is 379 g/mol. The van der Waals surface area contributed by atoms with Crippen molar-refractivity contribution in [2.45, 2.75) is 19.5 Å². The lowest BCUT2D eigenvalue weighted by Gasteiger charge is -2.33. The molecule has 7 nitrogen and oxygen atoms in total. The normalized spacial score (nSPS) is 17.3. The van der Waals surface area contributed by atoms with E-state index in [1.54, 1.807) is 4.90 Å². The number of rotatable bonds is 2. The number of hydrogen-bond acceptors (Lipinski definition) is 6. The molecule has 0 aliphatic carbocycles. The largest absolute Gasteiger partial charge is 0.327 e. The second kappa shape index (κ2) is 6.16. The number of carbonyl (C=O) groups excluding carboxylic acids is 1. The van der Waals surface area contributed by atoms with Crippen molar-refractivity contribution in [3.63, 3.8) is 0 Å². The van der Waals surface area contributed by atoms with Gasteiger partial charge in [-0.3, -0.25) is 4.79 Å². The smallest absolute Gasteiger partial charge is 0.254 e. The maximum absolute atomic E-state index is 13.3. The molecule has 0 radical (unpaired) electrons. The molecule has 0 spiro atoms. The maximum atomic E-state index is 13.3. The molecule has 0 fully saturated rings.